The van der Waals surface area contributed by atoms with Gasteiger partial charge in [0.25, 0.3) is 11.9 Å². The van der Waals surface area contributed by atoms with Crippen molar-refractivity contribution in [3.63, 3.8) is 0 Å². The van der Waals surface area contributed by atoms with E-state index in [2.05, 4.69) is 10.3 Å². The zero-order valence-electron chi connectivity index (χ0n) is 14.7. The molecule has 0 spiro atoms. The lowest BCUT2D eigenvalue weighted by atomic mass is 9.78. The topological polar surface area (TPSA) is 59.9 Å². The monoisotopic (exact) mass is 372 g/mol. The van der Waals surface area contributed by atoms with Crippen LogP contribution in [-0.2, 0) is 15.0 Å². The smallest absolute Gasteiger partial charge is 0.292 e. The van der Waals surface area contributed by atoms with E-state index < -0.39 is 29.5 Å². The van der Waals surface area contributed by atoms with Gasteiger partial charge in [-0.25, -0.2) is 13.8 Å². The van der Waals surface area contributed by atoms with Crippen LogP contribution in [0.25, 0.3) is 0 Å². The fourth-order valence-corrected chi connectivity index (χ4v) is 3.45. The lowest BCUT2D eigenvalue weighted by molar-refractivity contribution is 0.00712. The van der Waals surface area contributed by atoms with Gasteiger partial charge in [0.2, 0.25) is 0 Å². The molecule has 2 aliphatic heterocycles. The van der Waals surface area contributed by atoms with E-state index in [9.17, 15) is 9.18 Å². The van der Waals surface area contributed by atoms with E-state index in [0.717, 1.165) is 5.56 Å². The fourth-order valence-electron chi connectivity index (χ4n) is 3.45. The molecule has 0 saturated carbocycles. The molecule has 7 heteroatoms. The molecule has 1 amide bonds. The van der Waals surface area contributed by atoms with E-state index in [1.165, 1.54) is 6.07 Å². The van der Waals surface area contributed by atoms with E-state index >= 15 is 4.39 Å². The van der Waals surface area contributed by atoms with Crippen molar-refractivity contribution >= 4 is 11.9 Å². The summed E-state index contributed by atoms with van der Waals surface area (Å²) in [5.74, 6) is -1.02. The van der Waals surface area contributed by atoms with Crippen molar-refractivity contribution in [2.45, 2.75) is 18.1 Å². The number of nitrogens with zero attached hydrogens (tertiary/aromatic N) is 1. The summed E-state index contributed by atoms with van der Waals surface area (Å²) in [4.78, 5) is 16.7. The minimum absolute atomic E-state index is 0.0947. The Hall–Kier alpha value is -2.80. The van der Waals surface area contributed by atoms with E-state index in [4.69, 9.17) is 9.47 Å². The Bertz CT molecular complexity index is 919. The molecule has 27 heavy (non-hydrogen) atoms. The van der Waals surface area contributed by atoms with Crippen LogP contribution >= 0.6 is 0 Å². The summed E-state index contributed by atoms with van der Waals surface area (Å²) in [7, 11) is 0. The summed E-state index contributed by atoms with van der Waals surface area (Å²) in [6, 6.07) is 12.8. The summed E-state index contributed by atoms with van der Waals surface area (Å²) >= 11 is 0. The van der Waals surface area contributed by atoms with Gasteiger partial charge in [0, 0.05) is 11.1 Å². The number of carbonyl (C=O) groups excluding carboxylic acids is 1. The van der Waals surface area contributed by atoms with Crippen molar-refractivity contribution in [1.29, 1.82) is 0 Å². The minimum atomic E-state index is -2.03. The number of aryl methyl sites for hydroxylation is 1. The van der Waals surface area contributed by atoms with E-state index in [1.54, 1.807) is 49.4 Å². The zero-order valence-corrected chi connectivity index (χ0v) is 14.7. The predicted molar refractivity (Wildman–Crippen MR) is 94.8 cm³/mol. The number of aliphatic imine (C=N–C) groups is 1. The van der Waals surface area contributed by atoms with Crippen LogP contribution in [0.2, 0.25) is 0 Å². The van der Waals surface area contributed by atoms with Gasteiger partial charge in [0.05, 0.1) is 13.2 Å². The second-order valence-corrected chi connectivity index (χ2v) is 6.83. The molecule has 0 aromatic heterocycles. The van der Waals surface area contributed by atoms with Crippen molar-refractivity contribution in [2.24, 2.45) is 4.99 Å². The quantitative estimate of drug-likeness (QED) is 0.882. The van der Waals surface area contributed by atoms with Crippen molar-refractivity contribution in [1.82, 2.24) is 5.32 Å². The van der Waals surface area contributed by atoms with Crippen LogP contribution in [0, 0.1) is 12.7 Å². The van der Waals surface area contributed by atoms with Gasteiger partial charge in [0.1, 0.15) is 12.4 Å². The molecule has 2 aliphatic rings. The number of benzene rings is 2. The van der Waals surface area contributed by atoms with Gasteiger partial charge in [-0.3, -0.25) is 10.1 Å². The second-order valence-electron chi connectivity index (χ2n) is 6.83. The van der Waals surface area contributed by atoms with E-state index in [0.29, 0.717) is 5.56 Å². The van der Waals surface area contributed by atoms with Gasteiger partial charge in [-0.05, 0) is 25.1 Å². The Balaban J connectivity index is 1.74. The number of carbonyl (C=O) groups is 1. The summed E-state index contributed by atoms with van der Waals surface area (Å²) in [5.41, 5.74) is -2.37. The van der Waals surface area contributed by atoms with E-state index in [-0.39, 0.29) is 24.8 Å². The maximum absolute atomic E-state index is 15.6. The van der Waals surface area contributed by atoms with Crippen molar-refractivity contribution < 1.29 is 23.0 Å². The first kappa shape index (κ1) is 17.6. The number of hydrogen-bond acceptors (Lipinski definition) is 4. The van der Waals surface area contributed by atoms with Crippen molar-refractivity contribution in [2.75, 3.05) is 19.8 Å². The molecule has 2 atom stereocenters. The molecule has 4 rings (SSSR count). The molecule has 5 nitrogen and oxygen atoms in total. The molecule has 0 bridgehead atoms. The first-order chi connectivity index (χ1) is 12.9. The lowest BCUT2D eigenvalue weighted by Crippen LogP contribution is -2.56. The van der Waals surface area contributed by atoms with Crippen LogP contribution in [0.3, 0.4) is 0 Å². The number of fused-ring (bicyclic) bond motifs is 1. The number of amidine groups is 1. The largest absolute Gasteiger partial charge is 0.461 e. The highest BCUT2D eigenvalue weighted by atomic mass is 19.1. The zero-order chi connectivity index (χ0) is 19.1. The molecule has 1 N–H and O–H groups in total. The molecular weight excluding hydrogens is 354 g/mol. The highest BCUT2D eigenvalue weighted by Crippen LogP contribution is 2.48. The van der Waals surface area contributed by atoms with Gasteiger partial charge < -0.3 is 9.47 Å². The standard InChI is InChI=1S/C20H18F2N2O3/c1-13-7-8-16(21)15(9-13)20-12-26-10-19(20,22)11-27-18(24-20)23-17(25)14-5-3-2-4-6-14/h2-9H,10-12H2,1H3,(H,23,24,25). The minimum Gasteiger partial charge on any atom is -0.461 e. The average molecular weight is 372 g/mol. The van der Waals surface area contributed by atoms with Gasteiger partial charge in [0.15, 0.2) is 11.2 Å². The third-order valence-electron chi connectivity index (χ3n) is 4.94. The second kappa shape index (κ2) is 6.42. The number of halogens is 2. The van der Waals surface area contributed by atoms with Gasteiger partial charge in [-0.2, -0.15) is 0 Å². The van der Waals surface area contributed by atoms with Gasteiger partial charge >= 0.3 is 0 Å². The normalized spacial score (nSPS) is 26.7. The average Bonchev–Trinajstić information content (AvgIpc) is 3.02. The third kappa shape index (κ3) is 2.88. The lowest BCUT2D eigenvalue weighted by Gasteiger charge is -2.39. The highest BCUT2D eigenvalue weighted by molar-refractivity contribution is 6.04. The molecule has 1 saturated heterocycles. The molecule has 0 aliphatic carbocycles. The maximum Gasteiger partial charge on any atom is 0.292 e. The number of alkyl halides is 1. The van der Waals surface area contributed by atoms with Crippen LogP contribution in [-0.4, -0.2) is 37.4 Å². The summed E-state index contributed by atoms with van der Waals surface area (Å²) in [5, 5.41) is 2.54. The number of amides is 1. The Morgan fingerprint density at radius 1 is 1.15 bits per heavy atom. The fraction of sp³-hybridized carbons (Fsp3) is 0.300. The van der Waals surface area contributed by atoms with E-state index in [1.807, 2.05) is 0 Å². The number of ether oxygens (including phenoxy) is 2. The summed E-state index contributed by atoms with van der Waals surface area (Å²) < 4.78 is 40.9. The van der Waals surface area contributed by atoms with Crippen LogP contribution in [0.15, 0.2) is 53.5 Å². The number of hydrogen-bond donors (Lipinski definition) is 1. The number of rotatable bonds is 2. The Labute approximate surface area is 155 Å². The molecule has 2 unspecified atom stereocenters. The molecule has 2 heterocycles. The van der Waals surface area contributed by atoms with Crippen molar-refractivity contribution in [3.05, 3.63) is 71.0 Å². The van der Waals surface area contributed by atoms with Crippen molar-refractivity contribution in [3.8, 4) is 0 Å². The molecule has 1 fully saturated rings. The molecule has 140 valence electrons. The van der Waals surface area contributed by atoms with Crippen LogP contribution in [0.4, 0.5) is 8.78 Å². The first-order valence-corrected chi connectivity index (χ1v) is 8.56. The van der Waals surface area contributed by atoms with Crippen LogP contribution in [0.5, 0.6) is 0 Å². The molecular formula is C20H18F2N2O3. The van der Waals surface area contributed by atoms with Crippen LogP contribution in [0.1, 0.15) is 21.5 Å². The summed E-state index contributed by atoms with van der Waals surface area (Å²) in [6.45, 7) is 0.993. The third-order valence-corrected chi connectivity index (χ3v) is 4.94. The Morgan fingerprint density at radius 2 is 1.93 bits per heavy atom. The molecule has 2 aromatic carbocycles. The molecule has 2 aromatic rings. The van der Waals surface area contributed by atoms with Gasteiger partial charge in [-0.1, -0.05) is 35.9 Å². The highest BCUT2D eigenvalue weighted by Gasteiger charge is 2.62. The first-order valence-electron chi connectivity index (χ1n) is 8.56. The van der Waals surface area contributed by atoms with Crippen LogP contribution < -0.4 is 5.32 Å². The summed E-state index contributed by atoms with van der Waals surface area (Å²) in [6.07, 6.45) is 0. The SMILES string of the molecule is Cc1ccc(F)c(C23COCC2(F)COC(NC(=O)c2ccccc2)=N3)c1. The maximum atomic E-state index is 15.6. The Kier molecular flexibility index (Phi) is 4.19. The molecule has 0 radical (unpaired) electrons. The Morgan fingerprint density at radius 3 is 2.70 bits per heavy atom. The predicted octanol–water partition coefficient (Wildman–Crippen LogP) is 2.88. The van der Waals surface area contributed by atoms with Gasteiger partial charge in [-0.15, -0.1) is 0 Å². The number of nitrogens with one attached hydrogen (secondary N) is 1.